The van der Waals surface area contributed by atoms with Crippen molar-refractivity contribution in [3.8, 4) is 0 Å². The van der Waals surface area contributed by atoms with E-state index in [1.165, 1.54) is 32.1 Å². The lowest BCUT2D eigenvalue weighted by atomic mass is 9.91. The zero-order valence-electron chi connectivity index (χ0n) is 9.99. The van der Waals surface area contributed by atoms with Crippen molar-refractivity contribution in [1.82, 2.24) is 25.1 Å². The standard InChI is InChI=1S/C11H19N5O/c17-7-6-15(9-2-1-3-9)8-11-12-13-14-16(11)10-4-5-10/h9-10,17H,1-8H2. The third-order valence-corrected chi connectivity index (χ3v) is 3.78. The second kappa shape index (κ2) is 4.70. The van der Waals surface area contributed by atoms with Crippen LogP contribution in [0.1, 0.15) is 44.0 Å². The lowest BCUT2D eigenvalue weighted by molar-refractivity contribution is 0.0904. The van der Waals surface area contributed by atoms with E-state index in [0.29, 0.717) is 12.1 Å². The van der Waals surface area contributed by atoms with Gasteiger partial charge in [-0.25, -0.2) is 4.68 Å². The van der Waals surface area contributed by atoms with Gasteiger partial charge in [-0.3, -0.25) is 4.90 Å². The fraction of sp³-hybridized carbons (Fsp3) is 0.909. The van der Waals surface area contributed by atoms with Gasteiger partial charge < -0.3 is 5.11 Å². The summed E-state index contributed by atoms with van der Waals surface area (Å²) >= 11 is 0. The smallest absolute Gasteiger partial charge is 0.165 e. The Bertz CT molecular complexity index is 372. The minimum atomic E-state index is 0.210. The van der Waals surface area contributed by atoms with E-state index in [2.05, 4.69) is 20.4 Å². The predicted octanol–water partition coefficient (Wildman–Crippen LogP) is 0.355. The molecule has 1 N–H and O–H groups in total. The van der Waals surface area contributed by atoms with Crippen LogP contribution in [0.2, 0.25) is 0 Å². The molecule has 2 fully saturated rings. The van der Waals surface area contributed by atoms with Crippen molar-refractivity contribution in [2.45, 2.75) is 50.7 Å². The molecule has 94 valence electrons. The molecule has 0 amide bonds. The van der Waals surface area contributed by atoms with Crippen molar-refractivity contribution < 1.29 is 5.11 Å². The van der Waals surface area contributed by atoms with Gasteiger partial charge in [0.15, 0.2) is 5.82 Å². The maximum Gasteiger partial charge on any atom is 0.165 e. The van der Waals surface area contributed by atoms with Crippen molar-refractivity contribution in [1.29, 1.82) is 0 Å². The molecule has 1 heterocycles. The number of hydrogen-bond donors (Lipinski definition) is 1. The molecule has 3 rings (SSSR count). The Morgan fingerprint density at radius 3 is 2.71 bits per heavy atom. The van der Waals surface area contributed by atoms with Crippen molar-refractivity contribution >= 4 is 0 Å². The van der Waals surface area contributed by atoms with Gasteiger partial charge in [0.05, 0.1) is 19.2 Å². The van der Waals surface area contributed by atoms with Crippen LogP contribution in [-0.2, 0) is 6.54 Å². The Kier molecular flexibility index (Phi) is 3.07. The molecule has 0 radical (unpaired) electrons. The first-order valence-corrected chi connectivity index (χ1v) is 6.50. The minimum absolute atomic E-state index is 0.210. The Morgan fingerprint density at radius 2 is 2.12 bits per heavy atom. The molecule has 6 heteroatoms. The van der Waals surface area contributed by atoms with Gasteiger partial charge in [0.2, 0.25) is 0 Å². The highest BCUT2D eigenvalue weighted by Gasteiger charge is 2.30. The predicted molar refractivity (Wildman–Crippen MR) is 61.2 cm³/mol. The summed E-state index contributed by atoms with van der Waals surface area (Å²) in [5.41, 5.74) is 0. The second-order valence-electron chi connectivity index (χ2n) is 5.05. The molecule has 6 nitrogen and oxygen atoms in total. The molecule has 0 aliphatic heterocycles. The maximum absolute atomic E-state index is 9.12. The van der Waals surface area contributed by atoms with Gasteiger partial charge in [0, 0.05) is 12.6 Å². The van der Waals surface area contributed by atoms with E-state index >= 15 is 0 Å². The highest BCUT2D eigenvalue weighted by atomic mass is 16.3. The van der Waals surface area contributed by atoms with Crippen LogP contribution in [0.5, 0.6) is 0 Å². The molecular formula is C11H19N5O. The molecule has 0 aromatic carbocycles. The summed E-state index contributed by atoms with van der Waals surface area (Å²) in [7, 11) is 0. The number of rotatable bonds is 6. The number of nitrogens with zero attached hydrogens (tertiary/aromatic N) is 5. The Labute approximate surface area is 101 Å². The highest BCUT2D eigenvalue weighted by molar-refractivity contribution is 4.92. The molecule has 2 aliphatic carbocycles. The summed E-state index contributed by atoms with van der Waals surface area (Å²) in [5, 5.41) is 21.1. The van der Waals surface area contributed by atoms with Crippen molar-refractivity contribution in [3.05, 3.63) is 5.82 Å². The molecule has 1 aromatic heterocycles. The minimum Gasteiger partial charge on any atom is -0.395 e. The summed E-state index contributed by atoms with van der Waals surface area (Å²) in [6.45, 7) is 1.71. The van der Waals surface area contributed by atoms with Crippen LogP contribution in [0.4, 0.5) is 0 Å². The number of aromatic nitrogens is 4. The Morgan fingerprint density at radius 1 is 1.29 bits per heavy atom. The molecule has 0 atom stereocenters. The third kappa shape index (κ3) is 2.32. The first-order chi connectivity index (χ1) is 8.38. The Hall–Kier alpha value is -1.01. The third-order valence-electron chi connectivity index (χ3n) is 3.78. The van der Waals surface area contributed by atoms with E-state index < -0.39 is 0 Å². The van der Waals surface area contributed by atoms with Crippen molar-refractivity contribution in [2.24, 2.45) is 0 Å². The monoisotopic (exact) mass is 237 g/mol. The quantitative estimate of drug-likeness (QED) is 0.773. The molecular weight excluding hydrogens is 218 g/mol. The van der Waals surface area contributed by atoms with Gasteiger partial charge in [-0.1, -0.05) is 6.42 Å². The fourth-order valence-corrected chi connectivity index (χ4v) is 2.37. The zero-order valence-corrected chi connectivity index (χ0v) is 9.99. The van der Waals surface area contributed by atoms with Crippen LogP contribution in [0.25, 0.3) is 0 Å². The second-order valence-corrected chi connectivity index (χ2v) is 5.05. The number of hydrogen-bond acceptors (Lipinski definition) is 5. The average molecular weight is 237 g/mol. The van der Waals surface area contributed by atoms with Crippen LogP contribution in [0.3, 0.4) is 0 Å². The first-order valence-electron chi connectivity index (χ1n) is 6.50. The van der Waals surface area contributed by atoms with Crippen LogP contribution in [0.15, 0.2) is 0 Å². The van der Waals surface area contributed by atoms with E-state index in [1.807, 2.05) is 4.68 Å². The summed E-state index contributed by atoms with van der Waals surface area (Å²) in [4.78, 5) is 2.31. The Balaban J connectivity index is 1.67. The number of tetrazole rings is 1. The van der Waals surface area contributed by atoms with Gasteiger partial charge in [0.1, 0.15) is 0 Å². The van der Waals surface area contributed by atoms with Gasteiger partial charge in [0.25, 0.3) is 0 Å². The summed E-state index contributed by atoms with van der Waals surface area (Å²) in [6.07, 6.45) is 6.18. The van der Waals surface area contributed by atoms with Crippen molar-refractivity contribution in [3.63, 3.8) is 0 Å². The van der Waals surface area contributed by atoms with E-state index in [1.54, 1.807) is 0 Å². The topological polar surface area (TPSA) is 67.1 Å². The molecule has 2 aliphatic rings. The van der Waals surface area contributed by atoms with E-state index in [0.717, 1.165) is 18.9 Å². The molecule has 17 heavy (non-hydrogen) atoms. The highest BCUT2D eigenvalue weighted by Crippen LogP contribution is 2.35. The van der Waals surface area contributed by atoms with Crippen molar-refractivity contribution in [2.75, 3.05) is 13.2 Å². The van der Waals surface area contributed by atoms with Crippen LogP contribution in [0, 0.1) is 0 Å². The molecule has 0 bridgehead atoms. The normalized spacial score (nSPS) is 20.8. The fourth-order valence-electron chi connectivity index (χ4n) is 2.37. The van der Waals surface area contributed by atoms with E-state index in [9.17, 15) is 0 Å². The SMILES string of the molecule is OCCN(Cc1nnnn1C1CC1)C1CCC1. The number of aliphatic hydroxyl groups is 1. The molecule has 0 saturated heterocycles. The first kappa shape index (κ1) is 11.1. The molecule has 0 spiro atoms. The van der Waals surface area contributed by atoms with E-state index in [-0.39, 0.29) is 6.61 Å². The van der Waals surface area contributed by atoms with Crippen LogP contribution in [-0.4, -0.2) is 49.4 Å². The molecule has 2 saturated carbocycles. The average Bonchev–Trinajstić information content (AvgIpc) is 2.98. The molecule has 1 aromatic rings. The largest absolute Gasteiger partial charge is 0.395 e. The summed E-state index contributed by atoms with van der Waals surface area (Å²) in [5.74, 6) is 0.952. The lowest BCUT2D eigenvalue weighted by Crippen LogP contribution is -2.41. The summed E-state index contributed by atoms with van der Waals surface area (Å²) < 4.78 is 1.96. The van der Waals surface area contributed by atoms with Crippen LogP contribution >= 0.6 is 0 Å². The number of aliphatic hydroxyl groups excluding tert-OH is 1. The maximum atomic E-state index is 9.12. The van der Waals surface area contributed by atoms with Gasteiger partial charge in [-0.15, -0.1) is 5.10 Å². The van der Waals surface area contributed by atoms with Gasteiger partial charge in [-0.2, -0.15) is 0 Å². The van der Waals surface area contributed by atoms with Gasteiger partial charge >= 0.3 is 0 Å². The van der Waals surface area contributed by atoms with Gasteiger partial charge in [-0.05, 0) is 36.1 Å². The molecule has 0 unspecified atom stereocenters. The summed E-state index contributed by atoms with van der Waals surface area (Å²) in [6, 6.07) is 1.14. The lowest BCUT2D eigenvalue weighted by Gasteiger charge is -2.36. The van der Waals surface area contributed by atoms with E-state index in [4.69, 9.17) is 5.11 Å². The zero-order chi connectivity index (χ0) is 11.7. The van der Waals surface area contributed by atoms with Crippen LogP contribution < -0.4 is 0 Å².